The van der Waals surface area contributed by atoms with Crippen LogP contribution >= 0.6 is 0 Å². The van der Waals surface area contributed by atoms with Crippen molar-refractivity contribution in [2.24, 2.45) is 5.41 Å². The average molecular weight is 261 g/mol. The van der Waals surface area contributed by atoms with Gasteiger partial charge < -0.3 is 10.6 Å². The zero-order chi connectivity index (χ0) is 13.7. The molecule has 0 amide bonds. The molecule has 2 N–H and O–H groups in total. The van der Waals surface area contributed by atoms with Gasteiger partial charge in [-0.2, -0.15) is 0 Å². The molecule has 1 heterocycles. The van der Waals surface area contributed by atoms with Gasteiger partial charge >= 0.3 is 0 Å². The normalized spacial score (nSPS) is 21.9. The molecule has 106 valence electrons. The van der Waals surface area contributed by atoms with Crippen LogP contribution in [0.1, 0.15) is 52.9 Å². The van der Waals surface area contributed by atoms with E-state index >= 15 is 0 Å². The van der Waals surface area contributed by atoms with E-state index in [0.29, 0.717) is 11.5 Å². The van der Waals surface area contributed by atoms with E-state index in [4.69, 9.17) is 0 Å². The first-order valence-corrected chi connectivity index (χ1v) is 7.56. The summed E-state index contributed by atoms with van der Waals surface area (Å²) in [6.45, 7) is 7.88. The molecule has 1 unspecified atom stereocenters. The van der Waals surface area contributed by atoms with Gasteiger partial charge in [-0.3, -0.25) is 0 Å². The molecule has 0 aliphatic heterocycles. The third kappa shape index (κ3) is 4.41. The van der Waals surface area contributed by atoms with Crippen LogP contribution in [-0.4, -0.2) is 17.6 Å². The monoisotopic (exact) mass is 261 g/mol. The summed E-state index contributed by atoms with van der Waals surface area (Å²) in [5.41, 5.74) is 0.466. The number of aromatic nitrogens is 1. The number of nitrogens with zero attached hydrogens (tertiary/aromatic N) is 1. The molecule has 0 spiro atoms. The number of rotatable bonds is 5. The van der Waals surface area contributed by atoms with Gasteiger partial charge in [0, 0.05) is 12.6 Å². The highest BCUT2D eigenvalue weighted by molar-refractivity contribution is 5.45. The second-order valence-electron chi connectivity index (χ2n) is 6.44. The van der Waals surface area contributed by atoms with Crippen molar-refractivity contribution in [1.29, 1.82) is 0 Å². The molecule has 1 fully saturated rings. The molecule has 1 atom stereocenters. The molecular formula is C16H27N3. The van der Waals surface area contributed by atoms with Crippen molar-refractivity contribution in [3.63, 3.8) is 0 Å². The predicted octanol–water partition coefficient (Wildman–Crippen LogP) is 4.28. The average Bonchev–Trinajstić information content (AvgIpc) is 2.35. The Bertz CT molecular complexity index is 401. The van der Waals surface area contributed by atoms with Crippen LogP contribution in [0.2, 0.25) is 0 Å². The number of hydrogen-bond donors (Lipinski definition) is 2. The van der Waals surface area contributed by atoms with Crippen molar-refractivity contribution in [3.05, 3.63) is 18.2 Å². The fourth-order valence-electron chi connectivity index (χ4n) is 2.90. The van der Waals surface area contributed by atoms with E-state index in [0.717, 1.165) is 24.6 Å². The first-order chi connectivity index (χ1) is 9.09. The molecule has 1 saturated carbocycles. The van der Waals surface area contributed by atoms with E-state index in [2.05, 4.69) is 48.5 Å². The summed E-state index contributed by atoms with van der Waals surface area (Å²) in [5.74, 6) is 1.98. The minimum absolute atomic E-state index is 0.466. The summed E-state index contributed by atoms with van der Waals surface area (Å²) in [7, 11) is 0. The summed E-state index contributed by atoms with van der Waals surface area (Å²) < 4.78 is 0. The summed E-state index contributed by atoms with van der Waals surface area (Å²) in [4.78, 5) is 4.63. The van der Waals surface area contributed by atoms with Crippen molar-refractivity contribution in [2.45, 2.75) is 58.9 Å². The molecule has 3 heteroatoms. The molecule has 3 nitrogen and oxygen atoms in total. The second kappa shape index (κ2) is 6.27. The lowest BCUT2D eigenvalue weighted by Gasteiger charge is -2.35. The summed E-state index contributed by atoms with van der Waals surface area (Å²) in [5, 5.41) is 6.94. The molecule has 1 aromatic heterocycles. The molecule has 0 radical (unpaired) electrons. The van der Waals surface area contributed by atoms with Crippen LogP contribution in [-0.2, 0) is 0 Å². The smallest absolute Gasteiger partial charge is 0.128 e. The van der Waals surface area contributed by atoms with Crippen molar-refractivity contribution < 1.29 is 0 Å². The Morgan fingerprint density at radius 1 is 1.32 bits per heavy atom. The summed E-state index contributed by atoms with van der Waals surface area (Å²) in [6.07, 6.45) is 6.28. The highest BCUT2D eigenvalue weighted by Crippen LogP contribution is 2.36. The van der Waals surface area contributed by atoms with Gasteiger partial charge in [0.2, 0.25) is 0 Å². The number of anilines is 2. The molecule has 2 rings (SSSR count). The maximum absolute atomic E-state index is 4.63. The van der Waals surface area contributed by atoms with Gasteiger partial charge in [-0.15, -0.1) is 0 Å². The van der Waals surface area contributed by atoms with Crippen LogP contribution in [0.25, 0.3) is 0 Å². The lowest BCUT2D eigenvalue weighted by Crippen LogP contribution is -2.32. The number of hydrogen-bond acceptors (Lipinski definition) is 3. The standard InChI is InChI=1S/C16H27N3/c1-4-11-17-14-8-5-9-15(19-14)18-13-7-6-10-16(2,3)12-13/h5,8-9,13H,4,6-7,10-12H2,1-3H3,(H2,17,18,19). The van der Waals surface area contributed by atoms with Crippen LogP contribution < -0.4 is 10.6 Å². The van der Waals surface area contributed by atoms with Crippen molar-refractivity contribution in [1.82, 2.24) is 4.98 Å². The maximum Gasteiger partial charge on any atom is 0.128 e. The van der Waals surface area contributed by atoms with E-state index in [1.807, 2.05) is 6.07 Å². The van der Waals surface area contributed by atoms with Gasteiger partial charge in [-0.05, 0) is 43.2 Å². The van der Waals surface area contributed by atoms with Crippen LogP contribution in [0.4, 0.5) is 11.6 Å². The largest absolute Gasteiger partial charge is 0.370 e. The third-order valence-corrected chi connectivity index (χ3v) is 3.86. The first kappa shape index (κ1) is 14.2. The third-order valence-electron chi connectivity index (χ3n) is 3.86. The molecule has 0 aromatic carbocycles. The van der Waals surface area contributed by atoms with Crippen molar-refractivity contribution >= 4 is 11.6 Å². The Labute approximate surface area is 117 Å². The van der Waals surface area contributed by atoms with Gasteiger partial charge in [0.1, 0.15) is 11.6 Å². The Kier molecular flexibility index (Phi) is 4.67. The van der Waals surface area contributed by atoms with Gasteiger partial charge in [-0.1, -0.05) is 33.3 Å². The minimum Gasteiger partial charge on any atom is -0.370 e. The lowest BCUT2D eigenvalue weighted by molar-refractivity contribution is 0.229. The molecule has 1 aliphatic rings. The Morgan fingerprint density at radius 3 is 2.84 bits per heavy atom. The second-order valence-corrected chi connectivity index (χ2v) is 6.44. The Hall–Kier alpha value is -1.25. The Balaban J connectivity index is 1.94. The summed E-state index contributed by atoms with van der Waals surface area (Å²) >= 11 is 0. The van der Waals surface area contributed by atoms with Gasteiger partial charge in [0.25, 0.3) is 0 Å². The molecule has 0 saturated heterocycles. The highest BCUT2D eigenvalue weighted by Gasteiger charge is 2.27. The zero-order valence-corrected chi connectivity index (χ0v) is 12.5. The van der Waals surface area contributed by atoms with E-state index in [-0.39, 0.29) is 0 Å². The predicted molar refractivity (Wildman–Crippen MR) is 82.7 cm³/mol. The van der Waals surface area contributed by atoms with Gasteiger partial charge in [0.15, 0.2) is 0 Å². The molecular weight excluding hydrogens is 234 g/mol. The first-order valence-electron chi connectivity index (χ1n) is 7.56. The van der Waals surface area contributed by atoms with Gasteiger partial charge in [-0.25, -0.2) is 4.98 Å². The molecule has 1 aliphatic carbocycles. The van der Waals surface area contributed by atoms with Crippen LogP contribution in [0.15, 0.2) is 18.2 Å². The van der Waals surface area contributed by atoms with Crippen molar-refractivity contribution in [3.8, 4) is 0 Å². The summed E-state index contributed by atoms with van der Waals surface area (Å²) in [6, 6.07) is 6.74. The number of nitrogens with one attached hydrogen (secondary N) is 2. The molecule has 1 aromatic rings. The van der Waals surface area contributed by atoms with E-state index in [1.54, 1.807) is 0 Å². The van der Waals surface area contributed by atoms with Crippen LogP contribution in [0.3, 0.4) is 0 Å². The number of pyridine rings is 1. The topological polar surface area (TPSA) is 37.0 Å². The Morgan fingerprint density at radius 2 is 2.11 bits per heavy atom. The SMILES string of the molecule is CCCNc1cccc(NC2CCCC(C)(C)C2)n1. The fraction of sp³-hybridized carbons (Fsp3) is 0.688. The van der Waals surface area contributed by atoms with Crippen LogP contribution in [0, 0.1) is 5.41 Å². The van der Waals surface area contributed by atoms with Crippen molar-refractivity contribution in [2.75, 3.05) is 17.2 Å². The molecule has 0 bridgehead atoms. The maximum atomic E-state index is 4.63. The van der Waals surface area contributed by atoms with Gasteiger partial charge in [0.05, 0.1) is 0 Å². The van der Waals surface area contributed by atoms with E-state index in [9.17, 15) is 0 Å². The quantitative estimate of drug-likeness (QED) is 0.830. The minimum atomic E-state index is 0.466. The molecule has 19 heavy (non-hydrogen) atoms. The lowest BCUT2D eigenvalue weighted by atomic mass is 9.75. The fourth-order valence-corrected chi connectivity index (χ4v) is 2.90. The van der Waals surface area contributed by atoms with E-state index in [1.165, 1.54) is 25.7 Å². The van der Waals surface area contributed by atoms with Crippen LogP contribution in [0.5, 0.6) is 0 Å². The zero-order valence-electron chi connectivity index (χ0n) is 12.5. The van der Waals surface area contributed by atoms with E-state index < -0.39 is 0 Å². The highest BCUT2D eigenvalue weighted by atomic mass is 15.1.